The maximum Gasteiger partial charge on any atom is 0.269 e. The number of nitro groups is 1. The molecule has 0 aliphatic carbocycles. The van der Waals surface area contributed by atoms with Crippen LogP contribution in [0.25, 0.3) is 0 Å². The first-order chi connectivity index (χ1) is 9.54. The summed E-state index contributed by atoms with van der Waals surface area (Å²) in [6.07, 6.45) is 0. The van der Waals surface area contributed by atoms with Gasteiger partial charge < -0.3 is 4.90 Å². The van der Waals surface area contributed by atoms with Crippen LogP contribution in [0.5, 0.6) is 0 Å². The zero-order valence-corrected chi connectivity index (χ0v) is 11.2. The number of para-hydroxylation sites is 1. The molecule has 0 spiro atoms. The average molecular weight is 267 g/mol. The summed E-state index contributed by atoms with van der Waals surface area (Å²) in [7, 11) is 1.84. The highest BCUT2D eigenvalue weighted by molar-refractivity contribution is 5.71. The number of rotatable bonds is 3. The Morgan fingerprint density at radius 2 is 1.90 bits per heavy atom. The Morgan fingerprint density at radius 3 is 2.50 bits per heavy atom. The van der Waals surface area contributed by atoms with Crippen LogP contribution in [0.1, 0.15) is 11.1 Å². The summed E-state index contributed by atoms with van der Waals surface area (Å²) in [6.45, 7) is 1.81. The Hall–Kier alpha value is -2.87. The number of anilines is 2. The van der Waals surface area contributed by atoms with Crippen molar-refractivity contribution in [1.82, 2.24) is 0 Å². The summed E-state index contributed by atoms with van der Waals surface area (Å²) >= 11 is 0. The van der Waals surface area contributed by atoms with Crippen LogP contribution in [0.15, 0.2) is 42.5 Å². The maximum absolute atomic E-state index is 10.8. The molecule has 0 atom stereocenters. The Morgan fingerprint density at radius 1 is 1.20 bits per heavy atom. The van der Waals surface area contributed by atoms with Crippen LogP contribution in [-0.4, -0.2) is 12.0 Å². The summed E-state index contributed by atoms with van der Waals surface area (Å²) in [5.41, 5.74) is 3.01. The van der Waals surface area contributed by atoms with Gasteiger partial charge in [0, 0.05) is 24.9 Å². The van der Waals surface area contributed by atoms with Crippen LogP contribution < -0.4 is 4.90 Å². The van der Waals surface area contributed by atoms with E-state index in [0.717, 1.165) is 16.9 Å². The first-order valence-corrected chi connectivity index (χ1v) is 6.02. The fourth-order valence-electron chi connectivity index (χ4n) is 2.12. The van der Waals surface area contributed by atoms with Gasteiger partial charge in [-0.05, 0) is 30.7 Å². The van der Waals surface area contributed by atoms with Gasteiger partial charge in [-0.1, -0.05) is 12.1 Å². The van der Waals surface area contributed by atoms with E-state index in [2.05, 4.69) is 6.07 Å². The molecule has 2 aromatic rings. The van der Waals surface area contributed by atoms with E-state index in [9.17, 15) is 10.1 Å². The van der Waals surface area contributed by atoms with E-state index >= 15 is 0 Å². The van der Waals surface area contributed by atoms with Crippen molar-refractivity contribution in [2.24, 2.45) is 0 Å². The minimum Gasteiger partial charge on any atom is -0.343 e. The zero-order chi connectivity index (χ0) is 14.7. The van der Waals surface area contributed by atoms with Crippen LogP contribution in [0.3, 0.4) is 0 Å². The van der Waals surface area contributed by atoms with Crippen molar-refractivity contribution in [3.63, 3.8) is 0 Å². The molecule has 0 radical (unpaired) electrons. The standard InChI is InChI=1S/C15H13N3O2/c1-11-9-13(18(19)20)7-8-14(11)17(2)15-6-4-3-5-12(15)10-16/h3-9H,1-2H3. The molecule has 0 fully saturated rings. The fraction of sp³-hybridized carbons (Fsp3) is 0.133. The van der Waals surface area contributed by atoms with Gasteiger partial charge in [0.2, 0.25) is 0 Å². The second-order valence-electron chi connectivity index (χ2n) is 4.42. The number of aryl methyl sites for hydroxylation is 1. The molecule has 0 saturated carbocycles. The van der Waals surface area contributed by atoms with Crippen molar-refractivity contribution in [3.05, 3.63) is 63.7 Å². The van der Waals surface area contributed by atoms with Gasteiger partial charge in [0.15, 0.2) is 0 Å². The molecule has 0 aliphatic heterocycles. The SMILES string of the molecule is Cc1cc([N+](=O)[O-])ccc1N(C)c1ccccc1C#N. The van der Waals surface area contributed by atoms with Gasteiger partial charge in [0.25, 0.3) is 5.69 Å². The highest BCUT2D eigenvalue weighted by Crippen LogP contribution is 2.31. The van der Waals surface area contributed by atoms with E-state index in [0.29, 0.717) is 5.56 Å². The molecule has 20 heavy (non-hydrogen) atoms. The molecule has 0 saturated heterocycles. The van der Waals surface area contributed by atoms with Crippen molar-refractivity contribution < 1.29 is 4.92 Å². The molecular formula is C15H13N3O2. The minimum absolute atomic E-state index is 0.0632. The van der Waals surface area contributed by atoms with Crippen LogP contribution in [0, 0.1) is 28.4 Å². The average Bonchev–Trinajstić information content (AvgIpc) is 2.46. The number of nitriles is 1. The van der Waals surface area contributed by atoms with E-state index < -0.39 is 4.92 Å². The fourth-order valence-corrected chi connectivity index (χ4v) is 2.12. The third kappa shape index (κ3) is 2.45. The molecule has 0 N–H and O–H groups in total. The second kappa shape index (κ2) is 5.41. The maximum atomic E-state index is 10.8. The zero-order valence-electron chi connectivity index (χ0n) is 11.2. The Bertz CT molecular complexity index is 705. The quantitative estimate of drug-likeness (QED) is 0.630. The molecule has 2 aromatic carbocycles. The second-order valence-corrected chi connectivity index (χ2v) is 4.42. The molecule has 5 heteroatoms. The Balaban J connectivity index is 2.46. The molecule has 5 nitrogen and oxygen atoms in total. The van der Waals surface area contributed by atoms with E-state index in [4.69, 9.17) is 5.26 Å². The van der Waals surface area contributed by atoms with Gasteiger partial charge in [-0.25, -0.2) is 0 Å². The first-order valence-electron chi connectivity index (χ1n) is 6.02. The summed E-state index contributed by atoms with van der Waals surface area (Å²) in [6, 6.07) is 14.1. The number of hydrogen-bond acceptors (Lipinski definition) is 4. The third-order valence-corrected chi connectivity index (χ3v) is 3.14. The predicted octanol–water partition coefficient (Wildman–Crippen LogP) is 3.54. The number of nitro benzene ring substituents is 1. The summed E-state index contributed by atoms with van der Waals surface area (Å²) < 4.78 is 0. The van der Waals surface area contributed by atoms with Crippen molar-refractivity contribution in [3.8, 4) is 6.07 Å². The lowest BCUT2D eigenvalue weighted by Gasteiger charge is -2.22. The first kappa shape index (κ1) is 13.6. The molecule has 0 aliphatic rings. The molecule has 0 unspecified atom stereocenters. The van der Waals surface area contributed by atoms with Gasteiger partial charge in [-0.15, -0.1) is 0 Å². The number of benzene rings is 2. The predicted molar refractivity (Wildman–Crippen MR) is 77.1 cm³/mol. The van der Waals surface area contributed by atoms with E-state index in [1.165, 1.54) is 12.1 Å². The third-order valence-electron chi connectivity index (χ3n) is 3.14. The topological polar surface area (TPSA) is 70.2 Å². The Labute approximate surface area is 116 Å². The van der Waals surface area contributed by atoms with Gasteiger partial charge >= 0.3 is 0 Å². The highest BCUT2D eigenvalue weighted by Gasteiger charge is 2.13. The normalized spacial score (nSPS) is 9.85. The van der Waals surface area contributed by atoms with Crippen LogP contribution in [0.2, 0.25) is 0 Å². The van der Waals surface area contributed by atoms with E-state index in [1.54, 1.807) is 18.2 Å². The number of hydrogen-bond donors (Lipinski definition) is 0. The smallest absolute Gasteiger partial charge is 0.269 e. The molecule has 0 amide bonds. The van der Waals surface area contributed by atoms with Crippen molar-refractivity contribution in [2.75, 3.05) is 11.9 Å². The minimum atomic E-state index is -0.417. The van der Waals surface area contributed by atoms with Gasteiger partial charge in [-0.2, -0.15) is 5.26 Å². The van der Waals surface area contributed by atoms with Gasteiger partial charge in [-0.3, -0.25) is 10.1 Å². The molecule has 100 valence electrons. The lowest BCUT2D eigenvalue weighted by Crippen LogP contribution is -2.12. The van der Waals surface area contributed by atoms with E-state index in [-0.39, 0.29) is 5.69 Å². The number of non-ortho nitro benzene ring substituents is 1. The molecule has 2 rings (SSSR count). The summed E-state index contributed by atoms with van der Waals surface area (Å²) in [4.78, 5) is 12.2. The Kier molecular flexibility index (Phi) is 3.67. The monoisotopic (exact) mass is 267 g/mol. The van der Waals surface area contributed by atoms with Crippen LogP contribution in [-0.2, 0) is 0 Å². The molecule has 0 aromatic heterocycles. The highest BCUT2D eigenvalue weighted by atomic mass is 16.6. The van der Waals surface area contributed by atoms with Crippen molar-refractivity contribution >= 4 is 17.1 Å². The molecule has 0 bridgehead atoms. The van der Waals surface area contributed by atoms with Crippen molar-refractivity contribution in [2.45, 2.75) is 6.92 Å². The van der Waals surface area contributed by atoms with Gasteiger partial charge in [0.05, 0.1) is 16.2 Å². The largest absolute Gasteiger partial charge is 0.343 e. The lowest BCUT2D eigenvalue weighted by molar-refractivity contribution is -0.384. The van der Waals surface area contributed by atoms with Crippen LogP contribution >= 0.6 is 0 Å². The van der Waals surface area contributed by atoms with Crippen molar-refractivity contribution in [1.29, 1.82) is 5.26 Å². The van der Waals surface area contributed by atoms with Crippen LogP contribution in [0.4, 0.5) is 17.1 Å². The lowest BCUT2D eigenvalue weighted by atomic mass is 10.1. The number of nitrogens with zero attached hydrogens (tertiary/aromatic N) is 3. The molecule has 0 heterocycles. The summed E-state index contributed by atoms with van der Waals surface area (Å²) in [5.74, 6) is 0. The molecular weight excluding hydrogens is 254 g/mol. The van der Waals surface area contributed by atoms with Gasteiger partial charge in [0.1, 0.15) is 6.07 Å². The summed E-state index contributed by atoms with van der Waals surface area (Å²) in [5, 5.41) is 19.9. The van der Waals surface area contributed by atoms with E-state index in [1.807, 2.05) is 31.0 Å².